The van der Waals surface area contributed by atoms with E-state index in [4.69, 9.17) is 4.98 Å². The van der Waals surface area contributed by atoms with Gasteiger partial charge in [0.25, 0.3) is 0 Å². The second-order valence-electron chi connectivity index (χ2n) is 9.18. The van der Waals surface area contributed by atoms with Crippen LogP contribution >= 0.6 is 0 Å². The Kier molecular flexibility index (Phi) is 4.11. The van der Waals surface area contributed by atoms with Gasteiger partial charge in [0.15, 0.2) is 6.20 Å². The van der Waals surface area contributed by atoms with Crippen LogP contribution in [0, 0.1) is 6.92 Å². The highest BCUT2D eigenvalue weighted by molar-refractivity contribution is 5.83. The largest absolute Gasteiger partial charge is 0.260 e. The molecule has 0 N–H and O–H groups in total. The third kappa shape index (κ3) is 2.71. The fraction of sp³-hybridized carbons (Fsp3) is 0.241. The molecule has 0 unspecified atom stereocenters. The zero-order chi connectivity index (χ0) is 21.0. The van der Waals surface area contributed by atoms with E-state index in [9.17, 15) is 0 Å². The zero-order valence-electron chi connectivity index (χ0n) is 18.2. The Balaban J connectivity index is 1.51. The highest BCUT2D eigenvalue weighted by Gasteiger charge is 2.46. The number of aromatic nitrogens is 2. The third-order valence-corrected chi connectivity index (χ3v) is 7.40. The van der Waals surface area contributed by atoms with Crippen molar-refractivity contribution in [2.45, 2.75) is 38.0 Å². The first-order valence-corrected chi connectivity index (χ1v) is 11.3. The minimum atomic E-state index is 0.108. The molecule has 1 spiro atoms. The van der Waals surface area contributed by atoms with Gasteiger partial charge in [0.05, 0.1) is 5.69 Å². The van der Waals surface area contributed by atoms with Gasteiger partial charge in [-0.2, -0.15) is 0 Å². The molecule has 2 aliphatic carbocycles. The molecule has 0 bridgehead atoms. The number of pyridine rings is 2. The number of benzene rings is 2. The summed E-state index contributed by atoms with van der Waals surface area (Å²) < 4.78 is 2.28. The van der Waals surface area contributed by atoms with Crippen molar-refractivity contribution in [1.29, 1.82) is 0 Å². The van der Waals surface area contributed by atoms with Crippen molar-refractivity contribution >= 4 is 0 Å². The van der Waals surface area contributed by atoms with Crippen LogP contribution in [0.5, 0.6) is 0 Å². The van der Waals surface area contributed by atoms with Crippen molar-refractivity contribution in [3.8, 4) is 33.5 Å². The number of fused-ring (bicyclic) bond motifs is 5. The quantitative estimate of drug-likeness (QED) is 0.354. The number of hydrogen-bond donors (Lipinski definition) is 0. The van der Waals surface area contributed by atoms with E-state index in [1.807, 2.05) is 6.20 Å². The number of hydrogen-bond acceptors (Lipinski definition) is 1. The molecule has 0 radical (unpaired) electrons. The van der Waals surface area contributed by atoms with E-state index >= 15 is 0 Å². The van der Waals surface area contributed by atoms with Crippen LogP contribution < -0.4 is 4.57 Å². The van der Waals surface area contributed by atoms with Crippen LogP contribution in [-0.4, -0.2) is 4.98 Å². The van der Waals surface area contributed by atoms with Crippen LogP contribution in [0.15, 0.2) is 79.1 Å². The van der Waals surface area contributed by atoms with E-state index in [1.165, 1.54) is 76.0 Å². The van der Waals surface area contributed by atoms with E-state index in [0.717, 1.165) is 0 Å². The summed E-state index contributed by atoms with van der Waals surface area (Å²) in [7, 11) is 2.16. The molecular weight excluding hydrogens is 376 g/mol. The Morgan fingerprint density at radius 2 is 1.61 bits per heavy atom. The first-order valence-electron chi connectivity index (χ1n) is 11.3. The number of nitrogens with zero attached hydrogens (tertiary/aromatic N) is 2. The van der Waals surface area contributed by atoms with Crippen LogP contribution in [0.3, 0.4) is 0 Å². The maximum Gasteiger partial charge on any atom is 0.212 e. The Morgan fingerprint density at radius 1 is 0.806 bits per heavy atom. The second kappa shape index (κ2) is 6.88. The lowest BCUT2D eigenvalue weighted by atomic mass is 9.78. The lowest BCUT2D eigenvalue weighted by molar-refractivity contribution is -0.659. The van der Waals surface area contributed by atoms with E-state index in [2.05, 4.69) is 91.5 Å². The lowest BCUT2D eigenvalue weighted by Gasteiger charge is -2.25. The van der Waals surface area contributed by atoms with Gasteiger partial charge in [0.1, 0.15) is 7.05 Å². The molecule has 152 valence electrons. The van der Waals surface area contributed by atoms with E-state index < -0.39 is 0 Å². The van der Waals surface area contributed by atoms with Gasteiger partial charge in [-0.05, 0) is 60.2 Å². The molecule has 2 heteroatoms. The van der Waals surface area contributed by atoms with Gasteiger partial charge in [-0.25, -0.2) is 4.57 Å². The zero-order valence-corrected chi connectivity index (χ0v) is 18.2. The predicted molar refractivity (Wildman–Crippen MR) is 126 cm³/mol. The Morgan fingerprint density at radius 3 is 2.39 bits per heavy atom. The van der Waals surface area contributed by atoms with Crippen LogP contribution in [0.4, 0.5) is 0 Å². The predicted octanol–water partition coefficient (Wildman–Crippen LogP) is 6.39. The Bertz CT molecular complexity index is 1300. The summed E-state index contributed by atoms with van der Waals surface area (Å²) in [4.78, 5) is 4.90. The van der Waals surface area contributed by atoms with Crippen molar-refractivity contribution in [3.63, 3.8) is 0 Å². The summed E-state index contributed by atoms with van der Waals surface area (Å²) >= 11 is 0. The third-order valence-electron chi connectivity index (χ3n) is 7.40. The van der Waals surface area contributed by atoms with Crippen molar-refractivity contribution in [2.24, 2.45) is 7.05 Å². The molecule has 0 saturated heterocycles. The van der Waals surface area contributed by atoms with Crippen LogP contribution in [0.25, 0.3) is 33.5 Å². The fourth-order valence-corrected chi connectivity index (χ4v) is 5.91. The maximum absolute atomic E-state index is 4.90. The van der Waals surface area contributed by atoms with Gasteiger partial charge in [0.2, 0.25) is 5.69 Å². The minimum absolute atomic E-state index is 0.108. The highest BCUT2D eigenvalue weighted by Crippen LogP contribution is 2.56. The molecule has 31 heavy (non-hydrogen) atoms. The smallest absolute Gasteiger partial charge is 0.212 e. The summed E-state index contributed by atoms with van der Waals surface area (Å²) in [5, 5.41) is 0. The molecule has 2 heterocycles. The Hall–Kier alpha value is -3.26. The monoisotopic (exact) mass is 403 g/mol. The van der Waals surface area contributed by atoms with Gasteiger partial charge < -0.3 is 0 Å². The number of aryl methyl sites for hydroxylation is 2. The van der Waals surface area contributed by atoms with Crippen molar-refractivity contribution in [3.05, 3.63) is 95.9 Å². The molecule has 6 rings (SSSR count). The first-order chi connectivity index (χ1) is 15.2. The summed E-state index contributed by atoms with van der Waals surface area (Å²) in [5.74, 6) is 0. The highest BCUT2D eigenvalue weighted by atomic mass is 14.9. The average Bonchev–Trinajstić information content (AvgIpc) is 3.39. The normalized spacial score (nSPS) is 15.8. The van der Waals surface area contributed by atoms with Gasteiger partial charge >= 0.3 is 0 Å². The molecule has 2 nitrogen and oxygen atoms in total. The second-order valence-corrected chi connectivity index (χ2v) is 9.18. The van der Waals surface area contributed by atoms with Crippen LogP contribution in [0.2, 0.25) is 0 Å². The molecule has 1 saturated carbocycles. The van der Waals surface area contributed by atoms with Crippen molar-refractivity contribution < 1.29 is 4.57 Å². The van der Waals surface area contributed by atoms with Crippen LogP contribution in [0.1, 0.15) is 42.5 Å². The van der Waals surface area contributed by atoms with Gasteiger partial charge in [-0.3, -0.25) is 4.98 Å². The average molecular weight is 404 g/mol. The van der Waals surface area contributed by atoms with Gasteiger partial charge in [-0.15, -0.1) is 0 Å². The molecule has 2 aliphatic rings. The van der Waals surface area contributed by atoms with Gasteiger partial charge in [-0.1, -0.05) is 55.3 Å². The minimum Gasteiger partial charge on any atom is -0.260 e. The summed E-state index contributed by atoms with van der Waals surface area (Å²) in [6.07, 6.45) is 9.23. The van der Waals surface area contributed by atoms with E-state index in [-0.39, 0.29) is 5.41 Å². The summed E-state index contributed by atoms with van der Waals surface area (Å²) in [6, 6.07) is 24.4. The van der Waals surface area contributed by atoms with Crippen molar-refractivity contribution in [1.82, 2.24) is 4.98 Å². The molecule has 0 amide bonds. The maximum atomic E-state index is 4.90. The first kappa shape index (κ1) is 18.5. The van der Waals surface area contributed by atoms with Crippen molar-refractivity contribution in [2.75, 3.05) is 0 Å². The van der Waals surface area contributed by atoms with Crippen LogP contribution in [-0.2, 0) is 12.5 Å². The molecule has 0 aliphatic heterocycles. The SMILES string of the molecule is Cc1cc2c(cc1-c1ccc(-c3ccccc3)c[n+]1C)C1(CCCC1)c1ncccc1-2. The molecular formula is C29H27N2+. The molecule has 2 aromatic carbocycles. The summed E-state index contributed by atoms with van der Waals surface area (Å²) in [6.45, 7) is 2.25. The molecule has 4 aromatic rings. The standard InChI is InChI=1S/C29H27N2/c1-20-17-25-23-11-8-16-30-28(23)29(14-6-7-15-29)26(25)18-24(20)27-13-12-22(19-31(27)2)21-9-4-3-5-10-21/h3-5,8-13,16-19H,6-7,14-15H2,1-2H3/q+1. The topological polar surface area (TPSA) is 16.8 Å². The summed E-state index contributed by atoms with van der Waals surface area (Å²) in [5.41, 5.74) is 12.1. The van der Waals surface area contributed by atoms with E-state index in [1.54, 1.807) is 0 Å². The Labute approximate surface area is 184 Å². The molecule has 2 aromatic heterocycles. The number of rotatable bonds is 2. The molecule has 1 fully saturated rings. The molecule has 0 atom stereocenters. The fourth-order valence-electron chi connectivity index (χ4n) is 5.91. The van der Waals surface area contributed by atoms with E-state index in [0.29, 0.717) is 0 Å². The van der Waals surface area contributed by atoms with Gasteiger partial charge in [0, 0.05) is 34.4 Å². The lowest BCUT2D eigenvalue weighted by Crippen LogP contribution is -2.31.